The molecule has 1 atom stereocenters. The van der Waals surface area contributed by atoms with Gasteiger partial charge < -0.3 is 0 Å². The Labute approximate surface area is 133 Å². The van der Waals surface area contributed by atoms with Crippen LogP contribution in [0.25, 0.3) is 0 Å². The van der Waals surface area contributed by atoms with Crippen LogP contribution in [0.3, 0.4) is 0 Å². The zero-order valence-electron chi connectivity index (χ0n) is 13.3. The molecule has 0 saturated heterocycles. The van der Waals surface area contributed by atoms with Gasteiger partial charge in [-0.1, -0.05) is 44.2 Å². The molecule has 2 aromatic rings. The van der Waals surface area contributed by atoms with E-state index in [0.717, 1.165) is 37.9 Å². The van der Waals surface area contributed by atoms with Gasteiger partial charge in [-0.25, -0.2) is 0 Å². The molecule has 0 amide bonds. The molecule has 0 spiro atoms. The van der Waals surface area contributed by atoms with Gasteiger partial charge in [0.2, 0.25) is 0 Å². The molecule has 0 aliphatic rings. The van der Waals surface area contributed by atoms with Gasteiger partial charge in [0.15, 0.2) is 0 Å². The highest BCUT2D eigenvalue weighted by molar-refractivity contribution is 6.20. The molecule has 0 saturated carbocycles. The zero-order valence-corrected chi connectivity index (χ0v) is 14.0. The Morgan fingerprint density at radius 2 is 1.86 bits per heavy atom. The van der Waals surface area contributed by atoms with Crippen molar-refractivity contribution in [3.8, 4) is 0 Å². The largest absolute Gasteiger partial charge is 0.269 e. The van der Waals surface area contributed by atoms with E-state index >= 15 is 0 Å². The van der Waals surface area contributed by atoms with Gasteiger partial charge in [-0.05, 0) is 38.2 Å². The Morgan fingerprint density at radius 3 is 2.43 bits per heavy atom. The number of aromatic nitrogens is 2. The molecule has 3 heteroatoms. The third kappa shape index (κ3) is 3.88. The predicted molar refractivity (Wildman–Crippen MR) is 90.0 cm³/mol. The Bertz CT molecular complexity index is 558. The zero-order chi connectivity index (χ0) is 15.2. The van der Waals surface area contributed by atoms with Crippen molar-refractivity contribution in [3.63, 3.8) is 0 Å². The Kier molecular flexibility index (Phi) is 5.86. The van der Waals surface area contributed by atoms with Crippen molar-refractivity contribution in [2.45, 2.75) is 58.4 Å². The van der Waals surface area contributed by atoms with E-state index in [1.165, 1.54) is 16.8 Å². The van der Waals surface area contributed by atoms with Gasteiger partial charge in [-0.15, -0.1) is 11.6 Å². The van der Waals surface area contributed by atoms with Crippen LogP contribution in [0, 0.1) is 0 Å². The molecule has 1 heterocycles. The molecular weight excluding hydrogens is 280 g/mol. The number of nitrogens with zero attached hydrogens (tertiary/aromatic N) is 2. The van der Waals surface area contributed by atoms with E-state index in [9.17, 15) is 0 Å². The first-order valence-electron chi connectivity index (χ1n) is 7.93. The highest BCUT2D eigenvalue weighted by atomic mass is 35.5. The summed E-state index contributed by atoms with van der Waals surface area (Å²) < 4.78 is 2.18. The molecule has 2 rings (SSSR count). The predicted octanol–water partition coefficient (Wildman–Crippen LogP) is 4.94. The van der Waals surface area contributed by atoms with Gasteiger partial charge in [0, 0.05) is 17.8 Å². The highest BCUT2D eigenvalue weighted by Gasteiger charge is 2.18. The SMILES string of the molecule is CCc1nn(CCCc2ccccc2)c(CC)c1C(C)Cl. The van der Waals surface area contributed by atoms with Crippen LogP contribution in [-0.2, 0) is 25.8 Å². The number of rotatable bonds is 7. The highest BCUT2D eigenvalue weighted by Crippen LogP contribution is 2.28. The summed E-state index contributed by atoms with van der Waals surface area (Å²) in [7, 11) is 0. The summed E-state index contributed by atoms with van der Waals surface area (Å²) in [6.45, 7) is 7.35. The molecule has 0 fully saturated rings. The lowest BCUT2D eigenvalue weighted by molar-refractivity contribution is 0.551. The van der Waals surface area contributed by atoms with Gasteiger partial charge >= 0.3 is 0 Å². The quantitative estimate of drug-likeness (QED) is 0.662. The molecule has 0 radical (unpaired) electrons. The van der Waals surface area contributed by atoms with Gasteiger partial charge in [0.1, 0.15) is 0 Å². The minimum absolute atomic E-state index is 0.0396. The van der Waals surface area contributed by atoms with E-state index in [1.807, 2.05) is 6.92 Å². The van der Waals surface area contributed by atoms with Crippen LogP contribution < -0.4 is 0 Å². The normalized spacial score (nSPS) is 12.6. The summed E-state index contributed by atoms with van der Waals surface area (Å²) in [5.41, 5.74) is 5.11. The van der Waals surface area contributed by atoms with Crippen LogP contribution in [0.1, 0.15) is 55.1 Å². The maximum Gasteiger partial charge on any atom is 0.0671 e. The molecule has 0 aliphatic heterocycles. The van der Waals surface area contributed by atoms with Gasteiger partial charge in [0.05, 0.1) is 11.1 Å². The number of aryl methyl sites for hydroxylation is 3. The summed E-state index contributed by atoms with van der Waals surface area (Å²) in [5, 5.41) is 4.82. The smallest absolute Gasteiger partial charge is 0.0671 e. The molecule has 0 N–H and O–H groups in total. The molecule has 2 nitrogen and oxygen atoms in total. The van der Waals surface area contributed by atoms with Crippen LogP contribution in [0.2, 0.25) is 0 Å². The van der Waals surface area contributed by atoms with Crippen molar-refractivity contribution in [2.75, 3.05) is 0 Å². The fourth-order valence-electron chi connectivity index (χ4n) is 2.92. The molecule has 21 heavy (non-hydrogen) atoms. The van der Waals surface area contributed by atoms with E-state index in [1.54, 1.807) is 0 Å². The van der Waals surface area contributed by atoms with E-state index in [0.29, 0.717) is 0 Å². The van der Waals surface area contributed by atoms with Crippen molar-refractivity contribution >= 4 is 11.6 Å². The molecular formula is C18H25ClN2. The first kappa shape index (κ1) is 16.1. The fourth-order valence-corrected chi connectivity index (χ4v) is 3.17. The van der Waals surface area contributed by atoms with Crippen LogP contribution in [0.5, 0.6) is 0 Å². The second kappa shape index (κ2) is 7.65. The summed E-state index contributed by atoms with van der Waals surface area (Å²) in [5.74, 6) is 0. The first-order chi connectivity index (χ1) is 10.2. The Balaban J connectivity index is 2.09. The topological polar surface area (TPSA) is 17.8 Å². The van der Waals surface area contributed by atoms with E-state index in [2.05, 4.69) is 48.9 Å². The molecule has 114 valence electrons. The lowest BCUT2D eigenvalue weighted by Crippen LogP contribution is -2.06. The molecule has 1 aromatic carbocycles. The second-order valence-corrected chi connectivity index (χ2v) is 6.10. The van der Waals surface area contributed by atoms with Crippen LogP contribution in [0.15, 0.2) is 30.3 Å². The third-order valence-corrected chi connectivity index (χ3v) is 4.14. The van der Waals surface area contributed by atoms with Crippen LogP contribution in [0.4, 0.5) is 0 Å². The summed E-state index contributed by atoms with van der Waals surface area (Å²) in [6, 6.07) is 10.6. The number of halogens is 1. The Morgan fingerprint density at radius 1 is 1.14 bits per heavy atom. The summed E-state index contributed by atoms with van der Waals surface area (Å²) >= 11 is 6.36. The summed E-state index contributed by atoms with van der Waals surface area (Å²) in [4.78, 5) is 0. The first-order valence-corrected chi connectivity index (χ1v) is 8.37. The standard InChI is InChI=1S/C18H25ClN2/c1-4-16-18(14(3)19)17(5-2)21(20-16)13-9-12-15-10-7-6-8-11-15/h6-8,10-11,14H,4-5,9,12-13H2,1-3H3. The van der Waals surface area contributed by atoms with Crippen molar-refractivity contribution in [1.29, 1.82) is 0 Å². The van der Waals surface area contributed by atoms with E-state index < -0.39 is 0 Å². The van der Waals surface area contributed by atoms with Crippen molar-refractivity contribution in [3.05, 3.63) is 52.8 Å². The van der Waals surface area contributed by atoms with Crippen LogP contribution in [-0.4, -0.2) is 9.78 Å². The van der Waals surface area contributed by atoms with E-state index in [4.69, 9.17) is 16.7 Å². The average Bonchev–Trinajstić information content (AvgIpc) is 2.86. The van der Waals surface area contributed by atoms with Crippen molar-refractivity contribution in [1.82, 2.24) is 9.78 Å². The third-order valence-electron chi connectivity index (χ3n) is 3.92. The fraction of sp³-hybridized carbons (Fsp3) is 0.500. The molecule has 0 aliphatic carbocycles. The monoisotopic (exact) mass is 304 g/mol. The summed E-state index contributed by atoms with van der Waals surface area (Å²) in [6.07, 6.45) is 4.14. The van der Waals surface area contributed by atoms with Crippen molar-refractivity contribution < 1.29 is 0 Å². The van der Waals surface area contributed by atoms with Gasteiger partial charge in [-0.3, -0.25) is 4.68 Å². The minimum atomic E-state index is 0.0396. The minimum Gasteiger partial charge on any atom is -0.269 e. The molecule has 0 bridgehead atoms. The van der Waals surface area contributed by atoms with Crippen LogP contribution >= 0.6 is 11.6 Å². The second-order valence-electron chi connectivity index (χ2n) is 5.44. The average molecular weight is 305 g/mol. The maximum absolute atomic E-state index is 6.36. The van der Waals surface area contributed by atoms with E-state index in [-0.39, 0.29) is 5.38 Å². The molecule has 1 aromatic heterocycles. The van der Waals surface area contributed by atoms with Crippen molar-refractivity contribution in [2.24, 2.45) is 0 Å². The Hall–Kier alpha value is -1.28. The molecule has 1 unspecified atom stereocenters. The lowest BCUT2D eigenvalue weighted by Gasteiger charge is -2.09. The number of alkyl halides is 1. The lowest BCUT2D eigenvalue weighted by atomic mass is 10.1. The number of benzene rings is 1. The maximum atomic E-state index is 6.36. The number of hydrogen-bond acceptors (Lipinski definition) is 1. The number of hydrogen-bond donors (Lipinski definition) is 0. The van der Waals surface area contributed by atoms with Gasteiger partial charge in [-0.2, -0.15) is 5.10 Å². The van der Waals surface area contributed by atoms with Gasteiger partial charge in [0.25, 0.3) is 0 Å².